The first-order valence-electron chi connectivity index (χ1n) is 4.69. The van der Waals surface area contributed by atoms with Crippen molar-refractivity contribution in [2.24, 2.45) is 0 Å². The summed E-state index contributed by atoms with van der Waals surface area (Å²) in [5.74, 6) is 1.25. The molecule has 0 amide bonds. The van der Waals surface area contributed by atoms with Crippen LogP contribution < -0.4 is 4.74 Å². The lowest BCUT2D eigenvalue weighted by Gasteiger charge is -2.03. The molecule has 78 valence electrons. The Morgan fingerprint density at radius 3 is 3.06 bits per heavy atom. The van der Waals surface area contributed by atoms with Gasteiger partial charge in [0.2, 0.25) is 5.88 Å². The molecule has 0 aliphatic carbocycles. The molecule has 5 heteroatoms. The van der Waals surface area contributed by atoms with Gasteiger partial charge < -0.3 is 4.74 Å². The monoisotopic (exact) mass is 229 g/mol. The Morgan fingerprint density at radius 1 is 1.19 bits per heavy atom. The third-order valence-electron chi connectivity index (χ3n) is 2.06. The predicted molar refractivity (Wildman–Crippen MR) is 61.7 cm³/mol. The third-order valence-corrected chi connectivity index (χ3v) is 2.95. The number of hydrogen-bond acceptors (Lipinski definition) is 5. The van der Waals surface area contributed by atoms with Crippen molar-refractivity contribution in [3.63, 3.8) is 0 Å². The first kappa shape index (κ1) is 9.23. The third kappa shape index (κ3) is 1.61. The fraction of sp³-hybridized carbons (Fsp3) is 0. The minimum atomic E-state index is 0.577. The van der Waals surface area contributed by atoms with Crippen LogP contribution in [0.4, 0.5) is 0 Å². The van der Waals surface area contributed by atoms with Gasteiger partial charge >= 0.3 is 0 Å². The summed E-state index contributed by atoms with van der Waals surface area (Å²) in [7, 11) is 0. The van der Waals surface area contributed by atoms with Gasteiger partial charge in [-0.05, 0) is 23.6 Å². The van der Waals surface area contributed by atoms with Crippen LogP contribution in [0, 0.1) is 0 Å². The molecule has 0 bridgehead atoms. The molecule has 3 rings (SSSR count). The average Bonchev–Trinajstić information content (AvgIpc) is 2.80. The highest BCUT2D eigenvalue weighted by molar-refractivity contribution is 7.17. The highest BCUT2D eigenvalue weighted by atomic mass is 32.1. The molecule has 0 saturated carbocycles. The van der Waals surface area contributed by atoms with Gasteiger partial charge in [-0.3, -0.25) is 4.98 Å². The van der Waals surface area contributed by atoms with E-state index < -0.39 is 0 Å². The summed E-state index contributed by atoms with van der Waals surface area (Å²) >= 11 is 1.56. The Hall–Kier alpha value is -2.01. The highest BCUT2D eigenvalue weighted by Gasteiger charge is 2.06. The van der Waals surface area contributed by atoms with Gasteiger partial charge in [-0.15, -0.1) is 11.3 Å². The van der Waals surface area contributed by atoms with E-state index in [1.807, 2.05) is 23.6 Å². The number of hydrogen-bond donors (Lipinski definition) is 0. The maximum atomic E-state index is 5.65. The lowest BCUT2D eigenvalue weighted by molar-refractivity contribution is 0.467. The molecule has 0 aliphatic heterocycles. The zero-order chi connectivity index (χ0) is 10.8. The molecule has 4 nitrogen and oxygen atoms in total. The normalized spacial score (nSPS) is 10.5. The van der Waals surface area contributed by atoms with Gasteiger partial charge in [-0.1, -0.05) is 0 Å². The van der Waals surface area contributed by atoms with E-state index in [-0.39, 0.29) is 0 Å². The number of pyridine rings is 1. The molecule has 0 saturated heterocycles. The molecule has 3 heterocycles. The zero-order valence-electron chi connectivity index (χ0n) is 8.20. The van der Waals surface area contributed by atoms with Crippen molar-refractivity contribution in [3.8, 4) is 11.6 Å². The van der Waals surface area contributed by atoms with Crippen LogP contribution in [0.2, 0.25) is 0 Å². The standard InChI is InChI=1S/C11H7N3OS/c1-2-8(6-12-4-1)15-11-10-9(3-5-16-10)13-7-14-11/h1-7H. The molecular weight excluding hydrogens is 222 g/mol. The van der Waals surface area contributed by atoms with Crippen LogP contribution in [0.15, 0.2) is 42.3 Å². The maximum absolute atomic E-state index is 5.65. The fourth-order valence-electron chi connectivity index (χ4n) is 1.36. The summed E-state index contributed by atoms with van der Waals surface area (Å²) in [5, 5.41) is 1.97. The predicted octanol–water partition coefficient (Wildman–Crippen LogP) is 2.88. The van der Waals surface area contributed by atoms with Crippen LogP contribution in [0.25, 0.3) is 10.2 Å². The zero-order valence-corrected chi connectivity index (χ0v) is 9.02. The van der Waals surface area contributed by atoms with Crippen LogP contribution in [-0.2, 0) is 0 Å². The first-order chi connectivity index (χ1) is 7.93. The largest absolute Gasteiger partial charge is 0.436 e. The lowest BCUT2D eigenvalue weighted by Crippen LogP contribution is -1.89. The molecule has 0 N–H and O–H groups in total. The van der Waals surface area contributed by atoms with Crippen LogP contribution in [-0.4, -0.2) is 15.0 Å². The van der Waals surface area contributed by atoms with Crippen molar-refractivity contribution in [2.45, 2.75) is 0 Å². The van der Waals surface area contributed by atoms with Crippen molar-refractivity contribution >= 4 is 21.6 Å². The minimum Gasteiger partial charge on any atom is -0.436 e. The summed E-state index contributed by atoms with van der Waals surface area (Å²) in [5.41, 5.74) is 0.902. The summed E-state index contributed by atoms with van der Waals surface area (Å²) in [6.45, 7) is 0. The molecule has 0 aliphatic rings. The summed E-state index contributed by atoms with van der Waals surface area (Å²) in [6, 6.07) is 5.61. The SMILES string of the molecule is c1cncc(Oc2ncnc3ccsc23)c1. The Balaban J connectivity index is 2.04. The second-order valence-electron chi connectivity index (χ2n) is 3.10. The molecule has 0 fully saturated rings. The van der Waals surface area contributed by atoms with Crippen molar-refractivity contribution in [1.82, 2.24) is 15.0 Å². The molecular formula is C11H7N3OS. The van der Waals surface area contributed by atoms with E-state index in [9.17, 15) is 0 Å². The van der Waals surface area contributed by atoms with Crippen molar-refractivity contribution in [3.05, 3.63) is 42.3 Å². The number of thiophene rings is 1. The molecule has 0 aromatic carbocycles. The van der Waals surface area contributed by atoms with Crippen molar-refractivity contribution in [1.29, 1.82) is 0 Å². The van der Waals surface area contributed by atoms with E-state index >= 15 is 0 Å². The number of aromatic nitrogens is 3. The van der Waals surface area contributed by atoms with Gasteiger partial charge in [-0.2, -0.15) is 0 Å². The Kier molecular flexibility index (Phi) is 2.23. The second-order valence-corrected chi connectivity index (χ2v) is 4.02. The topological polar surface area (TPSA) is 47.9 Å². The average molecular weight is 229 g/mol. The maximum Gasteiger partial charge on any atom is 0.240 e. The number of rotatable bonds is 2. The van der Waals surface area contributed by atoms with Gasteiger partial charge in [0.25, 0.3) is 0 Å². The van der Waals surface area contributed by atoms with Crippen LogP contribution in [0.5, 0.6) is 11.6 Å². The first-order valence-corrected chi connectivity index (χ1v) is 5.57. The van der Waals surface area contributed by atoms with E-state index in [1.54, 1.807) is 23.7 Å². The van der Waals surface area contributed by atoms with Gasteiger partial charge in [0.05, 0.1) is 11.7 Å². The fourth-order valence-corrected chi connectivity index (χ4v) is 2.13. The van der Waals surface area contributed by atoms with Crippen LogP contribution >= 0.6 is 11.3 Å². The summed E-state index contributed by atoms with van der Waals surface area (Å²) < 4.78 is 6.60. The smallest absolute Gasteiger partial charge is 0.240 e. The van der Waals surface area contributed by atoms with Crippen LogP contribution in [0.3, 0.4) is 0 Å². The highest BCUT2D eigenvalue weighted by Crippen LogP contribution is 2.29. The minimum absolute atomic E-state index is 0.577. The molecule has 0 unspecified atom stereocenters. The van der Waals surface area contributed by atoms with Gasteiger partial charge in [0.1, 0.15) is 16.8 Å². The molecule has 3 aromatic rings. The van der Waals surface area contributed by atoms with Crippen molar-refractivity contribution < 1.29 is 4.74 Å². The van der Waals surface area contributed by atoms with Gasteiger partial charge in [-0.25, -0.2) is 9.97 Å². The van der Waals surface area contributed by atoms with E-state index in [0.717, 1.165) is 10.2 Å². The summed E-state index contributed by atoms with van der Waals surface area (Å²) in [6.07, 6.45) is 4.86. The second kappa shape index (κ2) is 3.86. The lowest BCUT2D eigenvalue weighted by atomic mass is 10.4. The molecule has 0 radical (unpaired) electrons. The molecule has 0 atom stereocenters. The van der Waals surface area contributed by atoms with E-state index in [4.69, 9.17) is 4.74 Å². The molecule has 16 heavy (non-hydrogen) atoms. The number of nitrogens with zero attached hydrogens (tertiary/aromatic N) is 3. The molecule has 3 aromatic heterocycles. The Bertz CT molecular complexity index is 609. The molecule has 0 spiro atoms. The van der Waals surface area contributed by atoms with Gasteiger partial charge in [0.15, 0.2) is 0 Å². The van der Waals surface area contributed by atoms with Gasteiger partial charge in [0, 0.05) is 6.20 Å². The summed E-state index contributed by atoms with van der Waals surface area (Å²) in [4.78, 5) is 12.3. The Morgan fingerprint density at radius 2 is 2.19 bits per heavy atom. The van der Waals surface area contributed by atoms with E-state index in [0.29, 0.717) is 11.6 Å². The van der Waals surface area contributed by atoms with E-state index in [1.165, 1.54) is 6.33 Å². The Labute approximate surface area is 95.6 Å². The van der Waals surface area contributed by atoms with E-state index in [2.05, 4.69) is 15.0 Å². The van der Waals surface area contributed by atoms with Crippen LogP contribution in [0.1, 0.15) is 0 Å². The number of fused-ring (bicyclic) bond motifs is 1. The number of ether oxygens (including phenoxy) is 1. The van der Waals surface area contributed by atoms with Crippen molar-refractivity contribution in [2.75, 3.05) is 0 Å². The quantitative estimate of drug-likeness (QED) is 0.678.